The predicted molar refractivity (Wildman–Crippen MR) is 56.1 cm³/mol. The van der Waals surface area contributed by atoms with Gasteiger partial charge in [-0.3, -0.25) is 9.48 Å². The molecule has 0 bridgehead atoms. The van der Waals surface area contributed by atoms with Crippen LogP contribution in [0.5, 0.6) is 0 Å². The van der Waals surface area contributed by atoms with Crippen molar-refractivity contribution in [2.24, 2.45) is 7.05 Å². The van der Waals surface area contributed by atoms with E-state index in [1.807, 2.05) is 0 Å². The van der Waals surface area contributed by atoms with E-state index in [9.17, 15) is 4.79 Å². The van der Waals surface area contributed by atoms with Gasteiger partial charge in [-0.15, -0.1) is 0 Å². The Morgan fingerprint density at radius 3 is 2.79 bits per heavy atom. The van der Waals surface area contributed by atoms with E-state index >= 15 is 0 Å². The maximum absolute atomic E-state index is 11.6. The first-order chi connectivity index (χ1) is 6.66. The van der Waals surface area contributed by atoms with Gasteiger partial charge in [0.05, 0.1) is 11.8 Å². The first-order valence-corrected chi connectivity index (χ1v) is 4.97. The Balaban J connectivity index is 2.56. The summed E-state index contributed by atoms with van der Waals surface area (Å²) in [5.41, 5.74) is 6.25. The van der Waals surface area contributed by atoms with E-state index in [1.54, 1.807) is 13.2 Å². The van der Waals surface area contributed by atoms with Gasteiger partial charge in [0.25, 0.3) is 0 Å². The molecule has 4 heteroatoms. The van der Waals surface area contributed by atoms with Crippen LogP contribution in [0.1, 0.15) is 43.0 Å². The molecule has 0 saturated carbocycles. The van der Waals surface area contributed by atoms with Crippen LogP contribution in [0.3, 0.4) is 0 Å². The van der Waals surface area contributed by atoms with E-state index in [2.05, 4.69) is 12.0 Å². The normalized spacial score (nSPS) is 10.4. The number of anilines is 1. The summed E-state index contributed by atoms with van der Waals surface area (Å²) in [5.74, 6) is 0.565. The van der Waals surface area contributed by atoms with Crippen LogP contribution >= 0.6 is 0 Å². The number of aryl methyl sites for hydroxylation is 1. The Morgan fingerprint density at radius 2 is 2.29 bits per heavy atom. The predicted octanol–water partition coefficient (Wildman–Crippen LogP) is 1.77. The Kier molecular flexibility index (Phi) is 3.68. The van der Waals surface area contributed by atoms with E-state index < -0.39 is 0 Å². The molecule has 0 aliphatic heterocycles. The van der Waals surface area contributed by atoms with Crippen molar-refractivity contribution in [2.45, 2.75) is 32.6 Å². The number of hydrogen-bond donors (Lipinski definition) is 1. The Labute approximate surface area is 84.1 Å². The molecule has 1 aromatic heterocycles. The highest BCUT2D eigenvalue weighted by Gasteiger charge is 2.12. The summed E-state index contributed by atoms with van der Waals surface area (Å²) in [6.45, 7) is 2.11. The van der Waals surface area contributed by atoms with E-state index in [1.165, 1.54) is 4.68 Å². The third kappa shape index (κ3) is 2.34. The standard InChI is InChI=1S/C10H17N3O/c1-3-4-5-6-9(14)8-7-12-13(2)10(8)11/h7H,3-6,11H2,1-2H3. The molecule has 0 fully saturated rings. The lowest BCUT2D eigenvalue weighted by molar-refractivity contribution is 0.0980. The maximum Gasteiger partial charge on any atom is 0.168 e. The smallest absolute Gasteiger partial charge is 0.168 e. The van der Waals surface area contributed by atoms with Gasteiger partial charge in [0.1, 0.15) is 5.82 Å². The third-order valence-corrected chi connectivity index (χ3v) is 2.29. The van der Waals surface area contributed by atoms with Crippen LogP contribution in [0.2, 0.25) is 0 Å². The Bertz CT molecular complexity index is 317. The Morgan fingerprint density at radius 1 is 1.57 bits per heavy atom. The molecule has 1 heterocycles. The van der Waals surface area contributed by atoms with Gasteiger partial charge < -0.3 is 5.73 Å². The molecule has 14 heavy (non-hydrogen) atoms. The molecule has 0 spiro atoms. The molecule has 0 aliphatic carbocycles. The highest BCUT2D eigenvalue weighted by molar-refractivity contribution is 5.99. The van der Waals surface area contributed by atoms with Gasteiger partial charge in [-0.25, -0.2) is 0 Å². The summed E-state index contributed by atoms with van der Waals surface area (Å²) in [4.78, 5) is 11.6. The van der Waals surface area contributed by atoms with Crippen LogP contribution in [0.15, 0.2) is 6.20 Å². The van der Waals surface area contributed by atoms with Gasteiger partial charge >= 0.3 is 0 Å². The van der Waals surface area contributed by atoms with Crippen LogP contribution in [0.4, 0.5) is 5.82 Å². The lowest BCUT2D eigenvalue weighted by Gasteiger charge is -1.99. The minimum atomic E-state index is 0.101. The molecule has 0 aliphatic rings. The number of nitrogens with two attached hydrogens (primary N) is 1. The summed E-state index contributed by atoms with van der Waals surface area (Å²) in [6, 6.07) is 0. The van der Waals surface area contributed by atoms with E-state index in [0.29, 0.717) is 17.8 Å². The topological polar surface area (TPSA) is 60.9 Å². The quantitative estimate of drug-likeness (QED) is 0.575. The minimum absolute atomic E-state index is 0.101. The SMILES string of the molecule is CCCCCC(=O)c1cnn(C)c1N. The molecule has 1 aromatic rings. The summed E-state index contributed by atoms with van der Waals surface area (Å²) in [7, 11) is 1.73. The van der Waals surface area contributed by atoms with Gasteiger partial charge in [-0.2, -0.15) is 5.10 Å². The Hall–Kier alpha value is -1.32. The fourth-order valence-corrected chi connectivity index (χ4v) is 1.33. The van der Waals surface area contributed by atoms with Crippen molar-refractivity contribution < 1.29 is 4.79 Å². The van der Waals surface area contributed by atoms with Crippen molar-refractivity contribution in [1.29, 1.82) is 0 Å². The number of carbonyl (C=O) groups is 1. The first kappa shape index (κ1) is 10.8. The molecule has 0 radical (unpaired) electrons. The van der Waals surface area contributed by atoms with Gasteiger partial charge in [-0.05, 0) is 6.42 Å². The van der Waals surface area contributed by atoms with Crippen LogP contribution < -0.4 is 5.73 Å². The zero-order valence-corrected chi connectivity index (χ0v) is 8.79. The fourth-order valence-electron chi connectivity index (χ4n) is 1.33. The summed E-state index contributed by atoms with van der Waals surface area (Å²) >= 11 is 0. The van der Waals surface area contributed by atoms with Gasteiger partial charge in [0.2, 0.25) is 0 Å². The highest BCUT2D eigenvalue weighted by atomic mass is 16.1. The summed E-state index contributed by atoms with van der Waals surface area (Å²) < 4.78 is 1.52. The second-order valence-electron chi connectivity index (χ2n) is 3.45. The van der Waals surface area contributed by atoms with E-state index in [4.69, 9.17) is 5.73 Å². The zero-order valence-electron chi connectivity index (χ0n) is 8.79. The average molecular weight is 195 g/mol. The van der Waals surface area contributed by atoms with Crippen LogP contribution in [0.25, 0.3) is 0 Å². The lowest BCUT2D eigenvalue weighted by Crippen LogP contribution is -2.04. The molecule has 0 unspecified atom stereocenters. The second-order valence-corrected chi connectivity index (χ2v) is 3.45. The molecule has 0 saturated heterocycles. The number of nitrogens with zero attached hydrogens (tertiary/aromatic N) is 2. The second kappa shape index (κ2) is 4.79. The van der Waals surface area contributed by atoms with Crippen LogP contribution in [-0.2, 0) is 7.05 Å². The average Bonchev–Trinajstić information content (AvgIpc) is 2.48. The van der Waals surface area contributed by atoms with Crippen molar-refractivity contribution in [2.75, 3.05) is 5.73 Å². The molecule has 0 amide bonds. The van der Waals surface area contributed by atoms with Crippen LogP contribution in [-0.4, -0.2) is 15.6 Å². The maximum atomic E-state index is 11.6. The van der Waals surface area contributed by atoms with E-state index in [-0.39, 0.29) is 5.78 Å². The van der Waals surface area contributed by atoms with Crippen LogP contribution in [0, 0.1) is 0 Å². The molecule has 0 atom stereocenters. The number of Topliss-reactive ketones (excluding diaryl/α,β-unsaturated/α-hetero) is 1. The van der Waals surface area contributed by atoms with Crippen molar-refractivity contribution in [3.05, 3.63) is 11.8 Å². The number of carbonyl (C=O) groups excluding carboxylic acids is 1. The van der Waals surface area contributed by atoms with Crippen molar-refractivity contribution in [3.8, 4) is 0 Å². The van der Waals surface area contributed by atoms with Crippen molar-refractivity contribution in [1.82, 2.24) is 9.78 Å². The summed E-state index contributed by atoms with van der Waals surface area (Å²) in [5, 5.41) is 3.94. The molecular formula is C10H17N3O. The summed E-state index contributed by atoms with van der Waals surface area (Å²) in [6.07, 6.45) is 5.26. The number of rotatable bonds is 5. The molecule has 4 nitrogen and oxygen atoms in total. The number of nitrogen functional groups attached to an aromatic ring is 1. The minimum Gasteiger partial charge on any atom is -0.383 e. The lowest BCUT2D eigenvalue weighted by atomic mass is 10.1. The van der Waals surface area contributed by atoms with Gasteiger partial charge in [0, 0.05) is 13.5 Å². The van der Waals surface area contributed by atoms with Gasteiger partial charge in [-0.1, -0.05) is 19.8 Å². The third-order valence-electron chi connectivity index (χ3n) is 2.29. The van der Waals surface area contributed by atoms with E-state index in [0.717, 1.165) is 19.3 Å². The number of aromatic nitrogens is 2. The molecular weight excluding hydrogens is 178 g/mol. The van der Waals surface area contributed by atoms with Gasteiger partial charge in [0.15, 0.2) is 5.78 Å². The van der Waals surface area contributed by atoms with Crippen molar-refractivity contribution in [3.63, 3.8) is 0 Å². The highest BCUT2D eigenvalue weighted by Crippen LogP contribution is 2.13. The molecule has 2 N–H and O–H groups in total. The fraction of sp³-hybridized carbons (Fsp3) is 0.600. The molecule has 0 aromatic carbocycles. The number of hydrogen-bond acceptors (Lipinski definition) is 3. The largest absolute Gasteiger partial charge is 0.383 e. The zero-order chi connectivity index (χ0) is 10.6. The molecule has 78 valence electrons. The monoisotopic (exact) mass is 195 g/mol. The first-order valence-electron chi connectivity index (χ1n) is 4.97. The molecule has 1 rings (SSSR count). The number of ketones is 1. The number of unbranched alkanes of at least 4 members (excludes halogenated alkanes) is 2. The van der Waals surface area contributed by atoms with Crippen molar-refractivity contribution >= 4 is 11.6 Å².